The van der Waals surface area contributed by atoms with Gasteiger partial charge in [0.25, 0.3) is 0 Å². The van der Waals surface area contributed by atoms with Crippen molar-refractivity contribution in [3.8, 4) is 0 Å². The number of carbonyl (C=O) groups is 1. The summed E-state index contributed by atoms with van der Waals surface area (Å²) in [5, 5.41) is 4.16. The van der Waals surface area contributed by atoms with Crippen LogP contribution >= 0.6 is 23.4 Å². The lowest BCUT2D eigenvalue weighted by molar-refractivity contribution is -0.113. The average molecular weight is 376 g/mol. The van der Waals surface area contributed by atoms with Crippen molar-refractivity contribution in [1.82, 2.24) is 9.55 Å². The number of anilines is 1. The molecule has 0 atom stereocenters. The van der Waals surface area contributed by atoms with Crippen molar-refractivity contribution < 1.29 is 9.18 Å². The number of amides is 1. The van der Waals surface area contributed by atoms with Gasteiger partial charge in [0, 0.05) is 29.6 Å². The Labute approximate surface area is 154 Å². The van der Waals surface area contributed by atoms with Crippen LogP contribution in [0.3, 0.4) is 0 Å². The molecule has 3 aromatic rings. The second-order valence-electron chi connectivity index (χ2n) is 5.31. The number of carbonyl (C=O) groups excluding carboxylic acids is 1. The van der Waals surface area contributed by atoms with Crippen molar-refractivity contribution in [2.24, 2.45) is 0 Å². The first-order valence-electron chi connectivity index (χ1n) is 7.54. The minimum Gasteiger partial charge on any atom is -0.325 e. The van der Waals surface area contributed by atoms with E-state index in [9.17, 15) is 9.18 Å². The van der Waals surface area contributed by atoms with Crippen LogP contribution < -0.4 is 5.32 Å². The largest absolute Gasteiger partial charge is 0.325 e. The molecule has 3 rings (SSSR count). The van der Waals surface area contributed by atoms with Crippen molar-refractivity contribution >= 4 is 35.0 Å². The standard InChI is InChI=1S/C18H15ClFN3OS/c19-14-3-7-16(8-4-14)22-17(24)12-25-18-21-9-10-23(18)11-13-1-5-15(20)6-2-13/h1-10H,11-12H2,(H,22,24). The van der Waals surface area contributed by atoms with Gasteiger partial charge < -0.3 is 9.88 Å². The van der Waals surface area contributed by atoms with Crippen molar-refractivity contribution in [2.75, 3.05) is 11.1 Å². The second-order valence-corrected chi connectivity index (χ2v) is 6.69. The zero-order chi connectivity index (χ0) is 17.6. The highest BCUT2D eigenvalue weighted by atomic mass is 35.5. The van der Waals surface area contributed by atoms with Crippen molar-refractivity contribution in [2.45, 2.75) is 11.7 Å². The van der Waals surface area contributed by atoms with E-state index in [0.29, 0.717) is 17.3 Å². The molecular formula is C18H15ClFN3OS. The number of nitrogens with zero attached hydrogens (tertiary/aromatic N) is 2. The molecule has 25 heavy (non-hydrogen) atoms. The summed E-state index contributed by atoms with van der Waals surface area (Å²) in [6.07, 6.45) is 3.52. The highest BCUT2D eigenvalue weighted by molar-refractivity contribution is 7.99. The van der Waals surface area contributed by atoms with Gasteiger partial charge in [0.2, 0.25) is 5.91 Å². The summed E-state index contributed by atoms with van der Waals surface area (Å²) >= 11 is 7.17. The highest BCUT2D eigenvalue weighted by Crippen LogP contribution is 2.19. The summed E-state index contributed by atoms with van der Waals surface area (Å²) in [6.45, 7) is 0.571. The third-order valence-corrected chi connectivity index (χ3v) is 4.66. The Morgan fingerprint density at radius 2 is 1.88 bits per heavy atom. The van der Waals surface area contributed by atoms with Crippen LogP contribution in [0.15, 0.2) is 66.1 Å². The molecule has 0 bridgehead atoms. The Hall–Kier alpha value is -2.31. The first kappa shape index (κ1) is 17.5. The van der Waals surface area contributed by atoms with Crippen LogP contribution in [0.25, 0.3) is 0 Å². The van der Waals surface area contributed by atoms with Crippen molar-refractivity contribution in [3.63, 3.8) is 0 Å². The smallest absolute Gasteiger partial charge is 0.234 e. The average Bonchev–Trinajstić information content (AvgIpc) is 3.04. The third-order valence-electron chi connectivity index (χ3n) is 3.40. The maximum atomic E-state index is 13.0. The molecule has 0 aliphatic rings. The van der Waals surface area contributed by atoms with Crippen LogP contribution in [0.1, 0.15) is 5.56 Å². The minimum atomic E-state index is -0.261. The Kier molecular flexibility index (Phi) is 5.73. The van der Waals surface area contributed by atoms with Gasteiger partial charge in [-0.15, -0.1) is 0 Å². The summed E-state index contributed by atoms with van der Waals surface area (Å²) < 4.78 is 14.9. The molecule has 0 radical (unpaired) electrons. The molecule has 4 nitrogen and oxygen atoms in total. The van der Waals surface area contributed by atoms with E-state index in [1.54, 1.807) is 42.6 Å². The Morgan fingerprint density at radius 1 is 1.16 bits per heavy atom. The topological polar surface area (TPSA) is 46.9 Å². The SMILES string of the molecule is O=C(CSc1nccn1Cc1ccc(F)cc1)Nc1ccc(Cl)cc1. The summed E-state index contributed by atoms with van der Waals surface area (Å²) in [6, 6.07) is 13.3. The monoisotopic (exact) mass is 375 g/mol. The van der Waals surface area contributed by atoms with Gasteiger partial charge in [0.1, 0.15) is 5.82 Å². The maximum Gasteiger partial charge on any atom is 0.234 e. The molecule has 1 amide bonds. The number of hydrogen-bond donors (Lipinski definition) is 1. The van der Waals surface area contributed by atoms with E-state index in [-0.39, 0.29) is 17.5 Å². The molecule has 0 saturated carbocycles. The van der Waals surface area contributed by atoms with Crippen LogP contribution in [0.5, 0.6) is 0 Å². The van der Waals surface area contributed by atoms with E-state index in [4.69, 9.17) is 11.6 Å². The maximum absolute atomic E-state index is 13.0. The van der Waals surface area contributed by atoms with Gasteiger partial charge >= 0.3 is 0 Å². The van der Waals surface area contributed by atoms with Crippen molar-refractivity contribution in [1.29, 1.82) is 0 Å². The molecule has 7 heteroatoms. The van der Waals surface area contributed by atoms with Gasteiger partial charge in [-0.3, -0.25) is 4.79 Å². The predicted octanol–water partition coefficient (Wildman–Crippen LogP) is 4.45. The number of aromatic nitrogens is 2. The van der Waals surface area contributed by atoms with Gasteiger partial charge in [-0.2, -0.15) is 0 Å². The van der Waals surface area contributed by atoms with Crippen LogP contribution in [0.4, 0.5) is 10.1 Å². The molecule has 0 aliphatic heterocycles. The minimum absolute atomic E-state index is 0.122. The van der Waals surface area contributed by atoms with Crippen LogP contribution in [-0.2, 0) is 11.3 Å². The Balaban J connectivity index is 1.56. The Morgan fingerprint density at radius 3 is 2.60 bits per heavy atom. The fourth-order valence-electron chi connectivity index (χ4n) is 2.20. The molecule has 1 heterocycles. The predicted molar refractivity (Wildman–Crippen MR) is 98.5 cm³/mol. The fraction of sp³-hybridized carbons (Fsp3) is 0.111. The van der Waals surface area contributed by atoms with Gasteiger partial charge in [0.05, 0.1) is 5.75 Å². The Bertz CT molecular complexity index is 850. The van der Waals surface area contributed by atoms with E-state index in [1.807, 2.05) is 10.8 Å². The molecule has 0 unspecified atom stereocenters. The van der Waals surface area contributed by atoms with Crippen LogP contribution in [0.2, 0.25) is 5.02 Å². The number of halogens is 2. The normalized spacial score (nSPS) is 10.6. The first-order chi connectivity index (χ1) is 12.1. The number of nitrogens with one attached hydrogen (secondary N) is 1. The van der Waals surface area contributed by atoms with E-state index < -0.39 is 0 Å². The van der Waals surface area contributed by atoms with Crippen molar-refractivity contribution in [3.05, 3.63) is 77.3 Å². The summed E-state index contributed by atoms with van der Waals surface area (Å²) in [7, 11) is 0. The van der Waals surface area contributed by atoms with E-state index in [1.165, 1.54) is 23.9 Å². The van der Waals surface area contributed by atoms with E-state index in [0.717, 1.165) is 10.7 Å². The van der Waals surface area contributed by atoms with E-state index >= 15 is 0 Å². The fourth-order valence-corrected chi connectivity index (χ4v) is 3.09. The molecule has 128 valence electrons. The summed E-state index contributed by atoms with van der Waals surface area (Å²) in [5.74, 6) is -0.144. The molecular weight excluding hydrogens is 361 g/mol. The molecule has 0 spiro atoms. The number of thioether (sulfide) groups is 1. The highest BCUT2D eigenvalue weighted by Gasteiger charge is 2.09. The third kappa shape index (κ3) is 5.08. The van der Waals surface area contributed by atoms with Gasteiger partial charge in [-0.25, -0.2) is 9.37 Å². The number of benzene rings is 2. The number of imidazole rings is 1. The second kappa shape index (κ2) is 8.18. The lowest BCUT2D eigenvalue weighted by Crippen LogP contribution is -2.14. The van der Waals surface area contributed by atoms with E-state index in [2.05, 4.69) is 10.3 Å². The van der Waals surface area contributed by atoms with Crippen LogP contribution in [0, 0.1) is 5.82 Å². The molecule has 0 fully saturated rings. The van der Waals surface area contributed by atoms with Gasteiger partial charge in [0.15, 0.2) is 5.16 Å². The lowest BCUT2D eigenvalue weighted by atomic mass is 10.2. The summed E-state index contributed by atoms with van der Waals surface area (Å²) in [5.41, 5.74) is 1.66. The first-order valence-corrected chi connectivity index (χ1v) is 8.90. The van der Waals surface area contributed by atoms with Crippen LogP contribution in [-0.4, -0.2) is 21.2 Å². The summed E-state index contributed by atoms with van der Waals surface area (Å²) in [4.78, 5) is 16.3. The number of rotatable bonds is 6. The molecule has 0 aliphatic carbocycles. The lowest BCUT2D eigenvalue weighted by Gasteiger charge is -2.08. The number of hydrogen-bond acceptors (Lipinski definition) is 3. The molecule has 1 N–H and O–H groups in total. The molecule has 2 aromatic carbocycles. The zero-order valence-corrected chi connectivity index (χ0v) is 14.7. The molecule has 1 aromatic heterocycles. The van der Waals surface area contributed by atoms with Gasteiger partial charge in [-0.1, -0.05) is 35.5 Å². The molecule has 0 saturated heterocycles. The quantitative estimate of drug-likeness (QED) is 0.647. The zero-order valence-electron chi connectivity index (χ0n) is 13.2. The van der Waals surface area contributed by atoms with Gasteiger partial charge in [-0.05, 0) is 42.0 Å².